The highest BCUT2D eigenvalue weighted by molar-refractivity contribution is 5.87. The molecule has 1 aromatic carbocycles. The molecule has 11 heteroatoms. The zero-order chi connectivity index (χ0) is 25.1. The van der Waals surface area contributed by atoms with Gasteiger partial charge in [-0.15, -0.1) is 0 Å². The third kappa shape index (κ3) is 5.41. The highest BCUT2D eigenvalue weighted by Gasteiger charge is 2.49. The zero-order valence-electron chi connectivity index (χ0n) is 18.5. The molecule has 1 saturated heterocycles. The number of aliphatic hydroxyl groups is 5. The maximum Gasteiger partial charge on any atom is 0.331 e. The molecule has 1 aromatic rings. The van der Waals surface area contributed by atoms with Crippen molar-refractivity contribution in [2.75, 3.05) is 13.2 Å². The van der Waals surface area contributed by atoms with Crippen molar-refractivity contribution >= 4 is 12.0 Å². The SMILES string of the molecule is O=C(C=Cc1ccc(O)cc1)O[C@H]1C=C(CO)[C@H]2[C@@H](O[C@H]3O[C@@H](CO)[C@H](O)[C@@H](O)[C@@H]3O)OC=C[C@@H]21. The van der Waals surface area contributed by atoms with Gasteiger partial charge in [0.25, 0.3) is 0 Å². The fourth-order valence-corrected chi connectivity index (χ4v) is 4.39. The number of ether oxygens (including phenoxy) is 4. The molecular weight excluding hydrogens is 464 g/mol. The van der Waals surface area contributed by atoms with Crippen LogP contribution in [0.4, 0.5) is 0 Å². The van der Waals surface area contributed by atoms with Gasteiger partial charge in [-0.3, -0.25) is 0 Å². The lowest BCUT2D eigenvalue weighted by atomic mass is 9.88. The lowest BCUT2D eigenvalue weighted by Gasteiger charge is -2.42. The van der Waals surface area contributed by atoms with Crippen LogP contribution in [0, 0.1) is 11.8 Å². The first-order valence-electron chi connectivity index (χ1n) is 11.1. The molecule has 4 rings (SSSR count). The Kier molecular flexibility index (Phi) is 7.87. The minimum atomic E-state index is -1.62. The Morgan fingerprint density at radius 1 is 1.03 bits per heavy atom. The van der Waals surface area contributed by atoms with E-state index < -0.39 is 67.5 Å². The molecule has 0 saturated carbocycles. The van der Waals surface area contributed by atoms with Crippen molar-refractivity contribution in [1.29, 1.82) is 0 Å². The summed E-state index contributed by atoms with van der Waals surface area (Å²) in [5, 5.41) is 58.9. The van der Waals surface area contributed by atoms with Crippen LogP contribution in [0.5, 0.6) is 5.75 Å². The Morgan fingerprint density at radius 3 is 2.46 bits per heavy atom. The quantitative estimate of drug-likeness (QED) is 0.159. The van der Waals surface area contributed by atoms with E-state index in [4.69, 9.17) is 18.9 Å². The summed E-state index contributed by atoms with van der Waals surface area (Å²) in [5.74, 6) is -1.57. The van der Waals surface area contributed by atoms with Crippen molar-refractivity contribution in [3.63, 3.8) is 0 Å². The number of rotatable bonds is 7. The molecule has 6 N–H and O–H groups in total. The van der Waals surface area contributed by atoms with Crippen molar-refractivity contribution in [1.82, 2.24) is 0 Å². The van der Waals surface area contributed by atoms with Crippen LogP contribution in [0.25, 0.3) is 6.08 Å². The average Bonchev–Trinajstić information content (AvgIpc) is 3.22. The molecule has 0 aromatic heterocycles. The Labute approximate surface area is 200 Å². The molecule has 1 fully saturated rings. The van der Waals surface area contributed by atoms with Gasteiger partial charge in [-0.2, -0.15) is 0 Å². The van der Waals surface area contributed by atoms with Crippen LogP contribution in [0.3, 0.4) is 0 Å². The van der Waals surface area contributed by atoms with Gasteiger partial charge in [0.15, 0.2) is 6.29 Å². The van der Waals surface area contributed by atoms with Gasteiger partial charge in [0.05, 0.1) is 25.4 Å². The minimum absolute atomic E-state index is 0.107. The summed E-state index contributed by atoms with van der Waals surface area (Å²) in [6, 6.07) is 6.25. The first-order valence-corrected chi connectivity index (χ1v) is 11.1. The van der Waals surface area contributed by atoms with Crippen molar-refractivity contribution in [3.8, 4) is 5.75 Å². The Morgan fingerprint density at radius 2 is 1.77 bits per heavy atom. The topological polar surface area (TPSA) is 175 Å². The van der Waals surface area contributed by atoms with E-state index in [-0.39, 0.29) is 12.4 Å². The summed E-state index contributed by atoms with van der Waals surface area (Å²) in [6.07, 6.45) is -1.79. The van der Waals surface area contributed by atoms with E-state index >= 15 is 0 Å². The second-order valence-corrected chi connectivity index (χ2v) is 8.50. The monoisotopic (exact) mass is 492 g/mol. The van der Waals surface area contributed by atoms with Crippen LogP contribution < -0.4 is 0 Å². The van der Waals surface area contributed by atoms with Crippen LogP contribution in [-0.2, 0) is 23.7 Å². The molecule has 0 unspecified atom stereocenters. The first kappa shape index (κ1) is 25.3. The average molecular weight is 492 g/mol. The predicted octanol–water partition coefficient (Wildman–Crippen LogP) is -0.832. The van der Waals surface area contributed by atoms with Crippen molar-refractivity contribution < 1.29 is 54.4 Å². The fourth-order valence-electron chi connectivity index (χ4n) is 4.39. The van der Waals surface area contributed by atoms with Crippen LogP contribution in [-0.4, -0.2) is 92.9 Å². The van der Waals surface area contributed by atoms with E-state index in [1.807, 2.05) is 0 Å². The summed E-state index contributed by atoms with van der Waals surface area (Å²) >= 11 is 0. The van der Waals surface area contributed by atoms with E-state index in [9.17, 15) is 35.4 Å². The van der Waals surface area contributed by atoms with Crippen LogP contribution in [0.15, 0.2) is 54.3 Å². The van der Waals surface area contributed by atoms with Gasteiger partial charge in [0.2, 0.25) is 6.29 Å². The Bertz CT molecular complexity index is 970. The summed E-state index contributed by atoms with van der Waals surface area (Å²) in [5.41, 5.74) is 1.17. The number of aromatic hydroxyl groups is 1. The number of aliphatic hydroxyl groups excluding tert-OH is 5. The summed E-state index contributed by atoms with van der Waals surface area (Å²) in [7, 11) is 0. The molecule has 0 spiro atoms. The zero-order valence-corrected chi connectivity index (χ0v) is 18.5. The molecule has 2 aliphatic heterocycles. The number of benzene rings is 1. The second kappa shape index (κ2) is 10.9. The third-order valence-electron chi connectivity index (χ3n) is 6.26. The Hall–Kier alpha value is -2.77. The Balaban J connectivity index is 1.44. The molecule has 0 bridgehead atoms. The number of phenols is 1. The maximum atomic E-state index is 12.4. The summed E-state index contributed by atoms with van der Waals surface area (Å²) < 4.78 is 22.3. The third-order valence-corrected chi connectivity index (χ3v) is 6.26. The molecule has 3 aliphatic rings. The maximum absolute atomic E-state index is 12.4. The minimum Gasteiger partial charge on any atom is -0.508 e. The number of carbonyl (C=O) groups is 1. The lowest BCUT2D eigenvalue weighted by molar-refractivity contribution is -0.339. The largest absolute Gasteiger partial charge is 0.508 e. The van der Waals surface area contributed by atoms with Crippen molar-refractivity contribution in [3.05, 3.63) is 59.9 Å². The highest BCUT2D eigenvalue weighted by Crippen LogP contribution is 2.42. The number of carbonyl (C=O) groups excluding carboxylic acids is 1. The molecule has 0 amide bonds. The van der Waals surface area contributed by atoms with Crippen molar-refractivity contribution in [2.45, 2.75) is 43.1 Å². The van der Waals surface area contributed by atoms with E-state index in [1.54, 1.807) is 24.3 Å². The highest BCUT2D eigenvalue weighted by atomic mass is 16.8. The normalized spacial score (nSPS) is 36.5. The van der Waals surface area contributed by atoms with Gasteiger partial charge < -0.3 is 49.6 Å². The molecule has 190 valence electrons. The number of hydrogen-bond donors (Lipinski definition) is 6. The van der Waals surface area contributed by atoms with Gasteiger partial charge in [-0.25, -0.2) is 4.79 Å². The lowest BCUT2D eigenvalue weighted by Crippen LogP contribution is -2.60. The first-order chi connectivity index (χ1) is 16.8. The van der Waals surface area contributed by atoms with Gasteiger partial charge in [-0.05, 0) is 41.5 Å². The number of hydrogen-bond acceptors (Lipinski definition) is 11. The van der Waals surface area contributed by atoms with E-state index in [1.165, 1.54) is 30.5 Å². The van der Waals surface area contributed by atoms with Crippen LogP contribution >= 0.6 is 0 Å². The number of esters is 1. The standard InChI is InChI=1S/C24H28O11/c25-10-13-9-16(33-18(28)6-3-12-1-4-14(27)5-2-12)15-7-8-32-23(19(13)15)35-24-22(31)21(30)20(29)17(11-26)34-24/h1-9,15-17,19-27,29-31H,10-11H2/t15-,16+,17+,19-,20+,21-,22+,23-,24-/m1/s1. The summed E-state index contributed by atoms with van der Waals surface area (Å²) in [4.78, 5) is 12.4. The fraction of sp³-hybridized carbons (Fsp3) is 0.458. The van der Waals surface area contributed by atoms with Gasteiger partial charge in [-0.1, -0.05) is 12.1 Å². The molecule has 2 heterocycles. The summed E-state index contributed by atoms with van der Waals surface area (Å²) in [6.45, 7) is -0.982. The molecule has 9 atom stereocenters. The van der Waals surface area contributed by atoms with Crippen LogP contribution in [0.2, 0.25) is 0 Å². The molecule has 0 radical (unpaired) electrons. The molecular formula is C24H28O11. The van der Waals surface area contributed by atoms with Crippen LogP contribution in [0.1, 0.15) is 5.56 Å². The van der Waals surface area contributed by atoms with Gasteiger partial charge in [0.1, 0.15) is 36.3 Å². The van der Waals surface area contributed by atoms with E-state index in [2.05, 4.69) is 0 Å². The smallest absolute Gasteiger partial charge is 0.331 e. The molecule has 1 aliphatic carbocycles. The number of phenolic OH excluding ortho intramolecular Hbond substituents is 1. The van der Waals surface area contributed by atoms with Gasteiger partial charge >= 0.3 is 5.97 Å². The van der Waals surface area contributed by atoms with Gasteiger partial charge in [0, 0.05) is 12.0 Å². The molecule has 35 heavy (non-hydrogen) atoms. The second-order valence-electron chi connectivity index (χ2n) is 8.50. The molecule has 11 nitrogen and oxygen atoms in total. The van der Waals surface area contributed by atoms with Crippen molar-refractivity contribution in [2.24, 2.45) is 11.8 Å². The van der Waals surface area contributed by atoms with E-state index in [0.29, 0.717) is 11.1 Å². The number of fused-ring (bicyclic) bond motifs is 1. The van der Waals surface area contributed by atoms with E-state index in [0.717, 1.165) is 0 Å². The predicted molar refractivity (Wildman–Crippen MR) is 118 cm³/mol.